The summed E-state index contributed by atoms with van der Waals surface area (Å²) in [5.74, 6) is -1.29. The van der Waals surface area contributed by atoms with E-state index in [0.29, 0.717) is 0 Å². The van der Waals surface area contributed by atoms with Gasteiger partial charge in [0.25, 0.3) is 0 Å². The van der Waals surface area contributed by atoms with Crippen molar-refractivity contribution in [1.82, 2.24) is 4.57 Å². The van der Waals surface area contributed by atoms with Gasteiger partial charge in [-0.05, 0) is 44.4 Å². The lowest BCUT2D eigenvalue weighted by atomic mass is 9.75. The maximum Gasteiger partial charge on any atom is 0.323 e. The molecule has 5 nitrogen and oxygen atoms in total. The molecule has 2 aromatic carbocycles. The first-order chi connectivity index (χ1) is 14.4. The quantitative estimate of drug-likeness (QED) is 0.396. The molecule has 0 fully saturated rings. The van der Waals surface area contributed by atoms with Crippen molar-refractivity contribution >= 4 is 22.8 Å². The van der Waals surface area contributed by atoms with Crippen molar-refractivity contribution in [2.75, 3.05) is 13.2 Å². The third kappa shape index (κ3) is 4.11. The Bertz CT molecular complexity index is 1000. The van der Waals surface area contributed by atoms with Crippen LogP contribution in [0, 0.1) is 5.41 Å². The number of rotatable bonds is 8. The average molecular weight is 408 g/mol. The van der Waals surface area contributed by atoms with Gasteiger partial charge in [0.05, 0.1) is 13.2 Å². The molecule has 30 heavy (non-hydrogen) atoms. The average Bonchev–Trinajstić information content (AvgIpc) is 3.09. The first kappa shape index (κ1) is 21.6. The number of aryl methyl sites for hydroxylation is 1. The minimum Gasteiger partial charge on any atom is -0.465 e. The van der Waals surface area contributed by atoms with Crippen LogP contribution in [-0.4, -0.2) is 29.7 Å². The molecule has 1 atom stereocenters. The van der Waals surface area contributed by atoms with Crippen LogP contribution in [0.25, 0.3) is 10.9 Å². The van der Waals surface area contributed by atoms with Gasteiger partial charge in [0.2, 0.25) is 0 Å². The minimum atomic E-state index is -1.41. The van der Waals surface area contributed by atoms with Crippen molar-refractivity contribution in [1.29, 1.82) is 0 Å². The molecule has 5 heteroatoms. The van der Waals surface area contributed by atoms with E-state index in [0.717, 1.165) is 22.0 Å². The smallest absolute Gasteiger partial charge is 0.323 e. The molecule has 3 aromatic rings. The van der Waals surface area contributed by atoms with Crippen molar-refractivity contribution in [2.24, 2.45) is 12.5 Å². The lowest BCUT2D eigenvalue weighted by Gasteiger charge is -2.29. The molecule has 1 unspecified atom stereocenters. The fourth-order valence-corrected chi connectivity index (χ4v) is 3.98. The van der Waals surface area contributed by atoms with Gasteiger partial charge in [-0.1, -0.05) is 48.5 Å². The van der Waals surface area contributed by atoms with E-state index in [-0.39, 0.29) is 25.6 Å². The van der Waals surface area contributed by atoms with Crippen LogP contribution in [0.2, 0.25) is 0 Å². The molecular weight excluding hydrogens is 378 g/mol. The minimum absolute atomic E-state index is 0.184. The highest BCUT2D eigenvalue weighted by atomic mass is 16.6. The number of hydrogen-bond acceptors (Lipinski definition) is 4. The number of nitrogens with zero attached hydrogens (tertiary/aromatic N) is 1. The molecular formula is C25H29NO4. The van der Waals surface area contributed by atoms with Crippen LogP contribution < -0.4 is 0 Å². The Morgan fingerprint density at radius 2 is 1.50 bits per heavy atom. The molecule has 158 valence electrons. The molecule has 3 rings (SSSR count). The maximum atomic E-state index is 12.9. The Hall–Kier alpha value is -3.08. The Balaban J connectivity index is 2.14. The zero-order valence-electron chi connectivity index (χ0n) is 18.1. The number of aromatic nitrogens is 1. The molecule has 0 spiro atoms. The van der Waals surface area contributed by atoms with Gasteiger partial charge in [0.1, 0.15) is 0 Å². The number of hydrogen-bond donors (Lipinski definition) is 0. The fourth-order valence-electron chi connectivity index (χ4n) is 3.98. The van der Waals surface area contributed by atoms with Gasteiger partial charge in [-0.15, -0.1) is 0 Å². The van der Waals surface area contributed by atoms with Gasteiger partial charge < -0.3 is 14.0 Å². The van der Waals surface area contributed by atoms with E-state index in [9.17, 15) is 9.59 Å². The molecule has 0 aliphatic heterocycles. The summed E-state index contributed by atoms with van der Waals surface area (Å²) < 4.78 is 12.7. The van der Waals surface area contributed by atoms with Gasteiger partial charge in [0.15, 0.2) is 5.41 Å². The normalized spacial score (nSPS) is 12.5. The molecule has 1 heterocycles. The first-order valence-electron chi connectivity index (χ1n) is 10.4. The molecule has 0 bridgehead atoms. The second-order valence-corrected chi connectivity index (χ2v) is 7.65. The predicted molar refractivity (Wildman–Crippen MR) is 117 cm³/mol. The van der Waals surface area contributed by atoms with Gasteiger partial charge >= 0.3 is 11.9 Å². The molecule has 0 N–H and O–H groups in total. The third-order valence-electron chi connectivity index (χ3n) is 5.57. The van der Waals surface area contributed by atoms with E-state index >= 15 is 0 Å². The van der Waals surface area contributed by atoms with E-state index in [1.165, 1.54) is 0 Å². The standard InChI is InChI=1S/C25H29NO4/c1-5-29-23(27)25(3,24(28)30-6-2)16-20(18-12-8-7-9-13-18)21-17-26(4)22-15-11-10-14-19(21)22/h7-15,17,20H,5-6,16H2,1-4H3. The molecule has 0 saturated carbocycles. The van der Waals surface area contributed by atoms with Crippen molar-refractivity contribution in [3.05, 3.63) is 71.9 Å². The summed E-state index contributed by atoms with van der Waals surface area (Å²) in [5.41, 5.74) is 1.79. The number of carbonyl (C=O) groups excluding carboxylic acids is 2. The van der Waals surface area contributed by atoms with Crippen molar-refractivity contribution in [2.45, 2.75) is 33.1 Å². The van der Waals surface area contributed by atoms with Gasteiger partial charge in [-0.2, -0.15) is 0 Å². The fraction of sp³-hybridized carbons (Fsp3) is 0.360. The molecule has 0 saturated heterocycles. The van der Waals surface area contributed by atoms with Crippen LogP contribution in [0.15, 0.2) is 60.8 Å². The molecule has 0 aliphatic rings. The topological polar surface area (TPSA) is 57.5 Å². The number of carbonyl (C=O) groups is 2. The highest BCUT2D eigenvalue weighted by Crippen LogP contribution is 2.41. The van der Waals surface area contributed by atoms with Crippen LogP contribution >= 0.6 is 0 Å². The monoisotopic (exact) mass is 407 g/mol. The van der Waals surface area contributed by atoms with E-state index in [4.69, 9.17) is 9.47 Å². The highest BCUT2D eigenvalue weighted by Gasteiger charge is 2.46. The number of fused-ring (bicyclic) bond motifs is 1. The molecule has 0 aliphatic carbocycles. The largest absolute Gasteiger partial charge is 0.465 e. The lowest BCUT2D eigenvalue weighted by molar-refractivity contribution is -0.171. The number of benzene rings is 2. The van der Waals surface area contributed by atoms with Crippen LogP contribution in [-0.2, 0) is 26.1 Å². The first-order valence-corrected chi connectivity index (χ1v) is 10.4. The van der Waals surface area contributed by atoms with Gasteiger partial charge in [-0.25, -0.2) is 0 Å². The third-order valence-corrected chi connectivity index (χ3v) is 5.57. The van der Waals surface area contributed by atoms with Crippen LogP contribution in [0.5, 0.6) is 0 Å². The van der Waals surface area contributed by atoms with Crippen LogP contribution in [0.1, 0.15) is 44.2 Å². The van der Waals surface area contributed by atoms with E-state index < -0.39 is 17.4 Å². The Kier molecular flexibility index (Phi) is 6.60. The number of para-hydroxylation sites is 1. The maximum absolute atomic E-state index is 12.9. The Labute approximate surface area is 177 Å². The summed E-state index contributed by atoms with van der Waals surface area (Å²) in [4.78, 5) is 25.8. The number of ether oxygens (including phenoxy) is 2. The zero-order chi connectivity index (χ0) is 21.7. The van der Waals surface area contributed by atoms with E-state index in [1.807, 2.05) is 49.5 Å². The second-order valence-electron chi connectivity index (χ2n) is 7.65. The summed E-state index contributed by atoms with van der Waals surface area (Å²) in [6.45, 7) is 5.52. The summed E-state index contributed by atoms with van der Waals surface area (Å²) in [5, 5.41) is 1.10. The molecule has 0 amide bonds. The lowest BCUT2D eigenvalue weighted by Crippen LogP contribution is -2.41. The van der Waals surface area contributed by atoms with Crippen molar-refractivity contribution < 1.29 is 19.1 Å². The Morgan fingerprint density at radius 1 is 0.933 bits per heavy atom. The van der Waals surface area contributed by atoms with Gasteiger partial charge in [0, 0.05) is 30.1 Å². The van der Waals surface area contributed by atoms with Crippen molar-refractivity contribution in [3.8, 4) is 0 Å². The van der Waals surface area contributed by atoms with Gasteiger partial charge in [-0.3, -0.25) is 9.59 Å². The molecule has 0 radical (unpaired) electrons. The summed E-state index contributed by atoms with van der Waals surface area (Å²) in [6, 6.07) is 18.1. The van der Waals surface area contributed by atoms with Crippen LogP contribution in [0.3, 0.4) is 0 Å². The van der Waals surface area contributed by atoms with E-state index in [2.05, 4.69) is 22.9 Å². The SMILES string of the molecule is CCOC(=O)C(C)(CC(c1ccccc1)c1cn(C)c2ccccc12)C(=O)OCC. The van der Waals surface area contributed by atoms with E-state index in [1.54, 1.807) is 20.8 Å². The Morgan fingerprint density at radius 3 is 2.10 bits per heavy atom. The summed E-state index contributed by atoms with van der Waals surface area (Å²) in [7, 11) is 2.00. The predicted octanol–water partition coefficient (Wildman–Crippen LogP) is 4.83. The highest BCUT2D eigenvalue weighted by molar-refractivity contribution is 6.00. The summed E-state index contributed by atoms with van der Waals surface area (Å²) in [6.07, 6.45) is 2.34. The zero-order valence-corrected chi connectivity index (χ0v) is 18.1. The number of esters is 2. The van der Waals surface area contributed by atoms with Crippen LogP contribution in [0.4, 0.5) is 0 Å². The molecule has 1 aromatic heterocycles. The van der Waals surface area contributed by atoms with Crippen molar-refractivity contribution in [3.63, 3.8) is 0 Å². The summed E-state index contributed by atoms with van der Waals surface area (Å²) >= 11 is 0. The second kappa shape index (κ2) is 9.16.